The van der Waals surface area contributed by atoms with E-state index in [1.807, 2.05) is 24.3 Å². The molecule has 0 heterocycles. The maximum absolute atomic E-state index is 13.2. The number of ether oxygens (including phenoxy) is 1. The maximum atomic E-state index is 13.2. The molecule has 0 aliphatic rings. The standard InChI is InChI=1S/C21H24N2O4/c1-3-20(25)22-18-11-6-5-10-17(18)21(26)23(13-8-14-24)15-16-9-4-7-12-19(16)27-2/h3-7,9-12,24H,1,8,13-15H2,2H3,(H,22,25). The van der Waals surface area contributed by atoms with E-state index < -0.39 is 0 Å². The third kappa shape index (κ3) is 5.43. The third-order valence-electron chi connectivity index (χ3n) is 4.03. The number of aliphatic hydroxyl groups excluding tert-OH is 1. The number of nitrogens with one attached hydrogen (secondary N) is 1. The van der Waals surface area contributed by atoms with Crippen molar-refractivity contribution in [3.8, 4) is 5.75 Å². The number of rotatable bonds is 9. The minimum atomic E-state index is -0.387. The largest absolute Gasteiger partial charge is 0.496 e. The van der Waals surface area contributed by atoms with E-state index >= 15 is 0 Å². The van der Waals surface area contributed by atoms with Gasteiger partial charge in [-0.05, 0) is 30.7 Å². The molecule has 0 spiro atoms. The van der Waals surface area contributed by atoms with Crippen molar-refractivity contribution in [2.24, 2.45) is 0 Å². The fraction of sp³-hybridized carbons (Fsp3) is 0.238. The Morgan fingerprint density at radius 1 is 1.19 bits per heavy atom. The van der Waals surface area contributed by atoms with E-state index in [2.05, 4.69) is 11.9 Å². The van der Waals surface area contributed by atoms with Crippen LogP contribution < -0.4 is 10.1 Å². The zero-order chi connectivity index (χ0) is 19.6. The van der Waals surface area contributed by atoms with Crippen LogP contribution in [-0.4, -0.2) is 42.1 Å². The van der Waals surface area contributed by atoms with E-state index in [-0.39, 0.29) is 18.4 Å². The lowest BCUT2D eigenvalue weighted by molar-refractivity contribution is -0.111. The number of carbonyl (C=O) groups is 2. The van der Waals surface area contributed by atoms with E-state index in [0.717, 1.165) is 11.6 Å². The molecule has 0 unspecified atom stereocenters. The van der Waals surface area contributed by atoms with Crippen LogP contribution in [0.15, 0.2) is 61.2 Å². The average Bonchev–Trinajstić information content (AvgIpc) is 2.71. The summed E-state index contributed by atoms with van der Waals surface area (Å²) in [5, 5.41) is 11.9. The molecule has 6 heteroatoms. The minimum Gasteiger partial charge on any atom is -0.496 e. The highest BCUT2D eigenvalue weighted by molar-refractivity contribution is 6.06. The molecule has 142 valence electrons. The molecule has 2 amide bonds. The monoisotopic (exact) mass is 368 g/mol. The molecular weight excluding hydrogens is 344 g/mol. The van der Waals surface area contributed by atoms with Crippen LogP contribution in [0.4, 0.5) is 5.69 Å². The summed E-state index contributed by atoms with van der Waals surface area (Å²) in [5.41, 5.74) is 1.65. The van der Waals surface area contributed by atoms with Gasteiger partial charge in [0.25, 0.3) is 5.91 Å². The van der Waals surface area contributed by atoms with Gasteiger partial charge in [-0.25, -0.2) is 0 Å². The smallest absolute Gasteiger partial charge is 0.256 e. The van der Waals surface area contributed by atoms with Gasteiger partial charge in [0.1, 0.15) is 5.75 Å². The van der Waals surface area contributed by atoms with Crippen LogP contribution in [0, 0.1) is 0 Å². The van der Waals surface area contributed by atoms with Crippen molar-refractivity contribution in [3.63, 3.8) is 0 Å². The molecular formula is C21H24N2O4. The fourth-order valence-corrected chi connectivity index (χ4v) is 2.69. The maximum Gasteiger partial charge on any atom is 0.256 e. The second kappa shape index (κ2) is 10.1. The Labute approximate surface area is 159 Å². The molecule has 2 N–H and O–H groups in total. The molecule has 0 aromatic heterocycles. The first-order valence-electron chi connectivity index (χ1n) is 8.65. The van der Waals surface area contributed by atoms with Gasteiger partial charge in [-0.1, -0.05) is 36.9 Å². The first-order valence-corrected chi connectivity index (χ1v) is 8.65. The number of aliphatic hydroxyl groups is 1. The van der Waals surface area contributed by atoms with Crippen molar-refractivity contribution < 1.29 is 19.4 Å². The summed E-state index contributed by atoms with van der Waals surface area (Å²) < 4.78 is 5.37. The van der Waals surface area contributed by atoms with E-state index in [1.54, 1.807) is 36.3 Å². The molecule has 2 aromatic carbocycles. The molecule has 0 atom stereocenters. The quantitative estimate of drug-likeness (QED) is 0.667. The molecule has 27 heavy (non-hydrogen) atoms. The summed E-state index contributed by atoms with van der Waals surface area (Å²) in [5.74, 6) is 0.0590. The van der Waals surface area contributed by atoms with Crippen molar-refractivity contribution in [1.82, 2.24) is 4.90 Å². The van der Waals surface area contributed by atoms with Crippen LogP contribution in [0.5, 0.6) is 5.75 Å². The number of benzene rings is 2. The summed E-state index contributed by atoms with van der Waals surface area (Å²) >= 11 is 0. The lowest BCUT2D eigenvalue weighted by Gasteiger charge is -2.24. The van der Waals surface area contributed by atoms with Gasteiger partial charge in [0.15, 0.2) is 0 Å². The van der Waals surface area contributed by atoms with Gasteiger partial charge >= 0.3 is 0 Å². The van der Waals surface area contributed by atoms with Gasteiger partial charge in [0, 0.05) is 25.3 Å². The molecule has 0 fully saturated rings. The second-order valence-electron chi connectivity index (χ2n) is 5.85. The SMILES string of the molecule is C=CC(=O)Nc1ccccc1C(=O)N(CCCO)Cc1ccccc1OC. The molecule has 0 saturated heterocycles. The van der Waals surface area contributed by atoms with Crippen LogP contribution in [0.25, 0.3) is 0 Å². The first kappa shape index (κ1) is 20.2. The highest BCUT2D eigenvalue weighted by atomic mass is 16.5. The molecule has 0 saturated carbocycles. The first-order chi connectivity index (χ1) is 13.1. The lowest BCUT2D eigenvalue weighted by atomic mass is 10.1. The van der Waals surface area contributed by atoms with Gasteiger partial charge < -0.3 is 20.1 Å². The molecule has 2 aromatic rings. The van der Waals surface area contributed by atoms with Crippen LogP contribution in [0.2, 0.25) is 0 Å². The number of carbonyl (C=O) groups excluding carboxylic acids is 2. The van der Waals surface area contributed by atoms with E-state index in [9.17, 15) is 14.7 Å². The highest BCUT2D eigenvalue weighted by Gasteiger charge is 2.20. The molecule has 0 aliphatic carbocycles. The van der Waals surface area contributed by atoms with Gasteiger partial charge in [0.2, 0.25) is 5.91 Å². The molecule has 0 radical (unpaired) electrons. The fourth-order valence-electron chi connectivity index (χ4n) is 2.69. The number of hydrogen-bond donors (Lipinski definition) is 2. The summed E-state index contributed by atoms with van der Waals surface area (Å²) in [7, 11) is 1.58. The highest BCUT2D eigenvalue weighted by Crippen LogP contribution is 2.23. The zero-order valence-corrected chi connectivity index (χ0v) is 15.4. The Balaban J connectivity index is 2.32. The van der Waals surface area contributed by atoms with Crippen LogP contribution in [0.3, 0.4) is 0 Å². The number of amides is 2. The molecule has 6 nitrogen and oxygen atoms in total. The van der Waals surface area contributed by atoms with Crippen molar-refractivity contribution in [3.05, 3.63) is 72.3 Å². The lowest BCUT2D eigenvalue weighted by Crippen LogP contribution is -2.33. The van der Waals surface area contributed by atoms with Crippen molar-refractivity contribution in [2.75, 3.05) is 25.6 Å². The van der Waals surface area contributed by atoms with Gasteiger partial charge in [-0.15, -0.1) is 0 Å². The Bertz CT molecular complexity index is 804. The predicted molar refractivity (Wildman–Crippen MR) is 105 cm³/mol. The van der Waals surface area contributed by atoms with Gasteiger partial charge in [-0.3, -0.25) is 9.59 Å². The summed E-state index contributed by atoms with van der Waals surface area (Å²) in [6, 6.07) is 14.3. The van der Waals surface area contributed by atoms with Gasteiger partial charge in [-0.2, -0.15) is 0 Å². The molecule has 2 rings (SSSR count). The van der Waals surface area contributed by atoms with E-state index in [4.69, 9.17) is 4.74 Å². The Morgan fingerprint density at radius 2 is 1.89 bits per heavy atom. The average molecular weight is 368 g/mol. The summed E-state index contributed by atoms with van der Waals surface area (Å²) in [6.07, 6.45) is 1.60. The number of methoxy groups -OCH3 is 1. The van der Waals surface area contributed by atoms with Crippen molar-refractivity contribution in [1.29, 1.82) is 0 Å². The number of nitrogens with zero attached hydrogens (tertiary/aromatic N) is 1. The van der Waals surface area contributed by atoms with E-state index in [0.29, 0.717) is 36.5 Å². The normalized spacial score (nSPS) is 10.1. The van der Waals surface area contributed by atoms with Gasteiger partial charge in [0.05, 0.1) is 18.4 Å². The van der Waals surface area contributed by atoms with Crippen LogP contribution in [0.1, 0.15) is 22.3 Å². The topological polar surface area (TPSA) is 78.9 Å². The number of hydrogen-bond acceptors (Lipinski definition) is 4. The molecule has 0 bridgehead atoms. The second-order valence-corrected chi connectivity index (χ2v) is 5.85. The van der Waals surface area contributed by atoms with Crippen molar-refractivity contribution >= 4 is 17.5 Å². The van der Waals surface area contributed by atoms with Crippen LogP contribution in [-0.2, 0) is 11.3 Å². The van der Waals surface area contributed by atoms with Crippen molar-refractivity contribution in [2.45, 2.75) is 13.0 Å². The summed E-state index contributed by atoms with van der Waals surface area (Å²) in [6.45, 7) is 4.11. The Kier molecular flexibility index (Phi) is 7.58. The van der Waals surface area contributed by atoms with E-state index in [1.165, 1.54) is 0 Å². The number of anilines is 1. The van der Waals surface area contributed by atoms with Crippen LogP contribution >= 0.6 is 0 Å². The number of para-hydroxylation sites is 2. The summed E-state index contributed by atoms with van der Waals surface area (Å²) in [4.78, 5) is 26.5. The minimum absolute atomic E-state index is 0.0233. The third-order valence-corrected chi connectivity index (χ3v) is 4.03. The predicted octanol–water partition coefficient (Wildman–Crippen LogP) is 2.84. The Hall–Kier alpha value is -3.12. The molecule has 0 aliphatic heterocycles. The zero-order valence-electron chi connectivity index (χ0n) is 15.4. The Morgan fingerprint density at radius 3 is 2.59 bits per heavy atom.